The Morgan fingerprint density at radius 2 is 1.79 bits per heavy atom. The zero-order valence-electron chi connectivity index (χ0n) is 18.1. The third-order valence-corrected chi connectivity index (χ3v) is 7.45. The first kappa shape index (κ1) is 21.6. The standard InChI is InChI=1S/C25H23ClN4O2S/c1-32-19-8-9-21-20(15-19)23(26)24(33-21)25(31)28-17-7-10-22(27-16-17)30-13-11-29(12-14-30)18-5-3-2-4-6-18/h2-10,15-16H,11-14H2,1H3,(H,28,31). The third kappa shape index (κ3) is 4.47. The van der Waals surface area contributed by atoms with Gasteiger partial charge in [0.2, 0.25) is 0 Å². The minimum absolute atomic E-state index is 0.244. The molecule has 1 aliphatic heterocycles. The first-order valence-electron chi connectivity index (χ1n) is 10.7. The van der Waals surface area contributed by atoms with Crippen LogP contribution in [0.25, 0.3) is 10.1 Å². The number of nitrogens with zero attached hydrogens (tertiary/aromatic N) is 3. The van der Waals surface area contributed by atoms with Crippen LogP contribution in [0.5, 0.6) is 5.75 Å². The Bertz CT molecular complexity index is 1270. The number of aromatic nitrogens is 1. The summed E-state index contributed by atoms with van der Waals surface area (Å²) in [5, 5.41) is 4.17. The quantitative estimate of drug-likeness (QED) is 0.408. The summed E-state index contributed by atoms with van der Waals surface area (Å²) in [7, 11) is 1.61. The number of halogens is 1. The number of amides is 1. The second-order valence-electron chi connectivity index (χ2n) is 7.78. The third-order valence-electron chi connectivity index (χ3n) is 5.77. The van der Waals surface area contributed by atoms with Crippen molar-refractivity contribution in [3.63, 3.8) is 0 Å². The van der Waals surface area contributed by atoms with Gasteiger partial charge in [-0.3, -0.25) is 4.79 Å². The number of anilines is 3. The number of piperazine rings is 1. The molecule has 0 atom stereocenters. The lowest BCUT2D eigenvalue weighted by Crippen LogP contribution is -2.46. The van der Waals surface area contributed by atoms with E-state index in [1.165, 1.54) is 17.0 Å². The Morgan fingerprint density at radius 3 is 2.48 bits per heavy atom. The van der Waals surface area contributed by atoms with E-state index in [4.69, 9.17) is 16.3 Å². The molecule has 1 amide bonds. The summed E-state index contributed by atoms with van der Waals surface area (Å²) in [6, 6.07) is 19.9. The zero-order valence-corrected chi connectivity index (χ0v) is 19.7. The number of fused-ring (bicyclic) bond motifs is 1. The minimum Gasteiger partial charge on any atom is -0.497 e. The van der Waals surface area contributed by atoms with Crippen molar-refractivity contribution in [3.05, 3.63) is 76.8 Å². The van der Waals surface area contributed by atoms with Crippen molar-refractivity contribution in [2.75, 3.05) is 48.4 Å². The summed E-state index contributed by atoms with van der Waals surface area (Å²) in [6.07, 6.45) is 1.70. The van der Waals surface area contributed by atoms with Crippen LogP contribution >= 0.6 is 22.9 Å². The van der Waals surface area contributed by atoms with Crippen LogP contribution in [0.2, 0.25) is 5.02 Å². The maximum Gasteiger partial charge on any atom is 0.267 e. The van der Waals surface area contributed by atoms with Crippen LogP contribution in [0.4, 0.5) is 17.2 Å². The van der Waals surface area contributed by atoms with Crippen molar-refractivity contribution in [3.8, 4) is 5.75 Å². The number of nitrogens with one attached hydrogen (secondary N) is 1. The Labute approximate surface area is 201 Å². The molecule has 0 unspecified atom stereocenters. The molecule has 0 spiro atoms. The average Bonchev–Trinajstić information content (AvgIpc) is 3.21. The predicted octanol–water partition coefficient (Wildman–Crippen LogP) is 5.54. The predicted molar refractivity (Wildman–Crippen MR) is 136 cm³/mol. The molecule has 3 heterocycles. The molecule has 0 bridgehead atoms. The van der Waals surface area contributed by atoms with Crippen molar-refractivity contribution in [1.82, 2.24) is 4.98 Å². The lowest BCUT2D eigenvalue weighted by atomic mass is 10.2. The fourth-order valence-corrected chi connectivity index (χ4v) is 5.37. The van der Waals surface area contributed by atoms with Gasteiger partial charge in [0.15, 0.2) is 0 Å². The number of hydrogen-bond donors (Lipinski definition) is 1. The molecule has 33 heavy (non-hydrogen) atoms. The number of benzene rings is 2. The summed E-state index contributed by atoms with van der Waals surface area (Å²) in [4.78, 5) is 22.6. The van der Waals surface area contributed by atoms with Gasteiger partial charge in [0.05, 0.1) is 24.0 Å². The second-order valence-corrected chi connectivity index (χ2v) is 9.21. The number of hydrogen-bond acceptors (Lipinski definition) is 6. The van der Waals surface area contributed by atoms with E-state index in [1.807, 2.05) is 36.4 Å². The Balaban J connectivity index is 1.24. The van der Waals surface area contributed by atoms with Gasteiger partial charge in [0, 0.05) is 42.0 Å². The molecule has 5 rings (SSSR count). The van der Waals surface area contributed by atoms with Gasteiger partial charge in [-0.2, -0.15) is 0 Å². The molecule has 168 valence electrons. The van der Waals surface area contributed by atoms with E-state index >= 15 is 0 Å². The van der Waals surface area contributed by atoms with Gasteiger partial charge in [-0.05, 0) is 42.5 Å². The van der Waals surface area contributed by atoms with Crippen molar-refractivity contribution in [2.45, 2.75) is 0 Å². The van der Waals surface area contributed by atoms with Gasteiger partial charge < -0.3 is 19.9 Å². The monoisotopic (exact) mass is 478 g/mol. The molecule has 0 saturated carbocycles. The number of thiophene rings is 1. The number of methoxy groups -OCH3 is 1. The van der Waals surface area contributed by atoms with E-state index in [0.29, 0.717) is 21.3 Å². The van der Waals surface area contributed by atoms with Gasteiger partial charge in [-0.25, -0.2) is 4.98 Å². The maximum absolute atomic E-state index is 12.9. The van der Waals surface area contributed by atoms with Crippen LogP contribution in [0.1, 0.15) is 9.67 Å². The summed E-state index contributed by atoms with van der Waals surface area (Å²) >= 11 is 7.86. The lowest BCUT2D eigenvalue weighted by Gasteiger charge is -2.36. The molecular weight excluding hydrogens is 456 g/mol. The second kappa shape index (κ2) is 9.29. The van der Waals surface area contributed by atoms with Crippen LogP contribution in [-0.2, 0) is 0 Å². The first-order chi connectivity index (χ1) is 16.1. The fourth-order valence-electron chi connectivity index (χ4n) is 3.99. The molecule has 8 heteroatoms. The molecule has 0 aliphatic carbocycles. The van der Waals surface area contributed by atoms with Gasteiger partial charge in [0.1, 0.15) is 16.4 Å². The number of rotatable bonds is 5. The highest BCUT2D eigenvalue weighted by Gasteiger charge is 2.20. The van der Waals surface area contributed by atoms with E-state index in [-0.39, 0.29) is 5.91 Å². The zero-order chi connectivity index (χ0) is 22.8. The highest BCUT2D eigenvalue weighted by molar-refractivity contribution is 7.21. The Kier molecular flexibility index (Phi) is 6.07. The number of para-hydroxylation sites is 1. The maximum atomic E-state index is 12.9. The van der Waals surface area contributed by atoms with E-state index < -0.39 is 0 Å². The lowest BCUT2D eigenvalue weighted by molar-refractivity contribution is 0.103. The Morgan fingerprint density at radius 1 is 1.03 bits per heavy atom. The first-order valence-corrected chi connectivity index (χ1v) is 11.9. The molecule has 2 aromatic carbocycles. The molecule has 1 N–H and O–H groups in total. The smallest absolute Gasteiger partial charge is 0.267 e. The number of carbonyl (C=O) groups excluding carboxylic acids is 1. The van der Waals surface area contributed by atoms with E-state index in [1.54, 1.807) is 13.3 Å². The summed E-state index contributed by atoms with van der Waals surface area (Å²) in [5.74, 6) is 1.37. The largest absolute Gasteiger partial charge is 0.497 e. The van der Waals surface area contributed by atoms with Crippen molar-refractivity contribution >= 4 is 56.1 Å². The summed E-state index contributed by atoms with van der Waals surface area (Å²) in [5.41, 5.74) is 1.89. The van der Waals surface area contributed by atoms with Crippen LogP contribution in [0, 0.1) is 0 Å². The van der Waals surface area contributed by atoms with Crippen LogP contribution in [-0.4, -0.2) is 44.2 Å². The molecular formula is C25H23ClN4O2S. The SMILES string of the molecule is COc1ccc2sc(C(=O)Nc3ccc(N4CCN(c5ccccc5)CC4)nc3)c(Cl)c2c1. The molecule has 0 radical (unpaired) electrons. The molecule has 4 aromatic rings. The highest BCUT2D eigenvalue weighted by Crippen LogP contribution is 2.37. The number of carbonyl (C=O) groups is 1. The number of pyridine rings is 1. The average molecular weight is 479 g/mol. The van der Waals surface area contributed by atoms with Gasteiger partial charge >= 0.3 is 0 Å². The van der Waals surface area contributed by atoms with E-state index in [0.717, 1.165) is 42.1 Å². The van der Waals surface area contributed by atoms with Crippen molar-refractivity contribution in [2.24, 2.45) is 0 Å². The van der Waals surface area contributed by atoms with Crippen molar-refractivity contribution in [1.29, 1.82) is 0 Å². The van der Waals surface area contributed by atoms with E-state index in [2.05, 4.69) is 44.4 Å². The van der Waals surface area contributed by atoms with Crippen molar-refractivity contribution < 1.29 is 9.53 Å². The Hall–Kier alpha value is -3.29. The van der Waals surface area contributed by atoms with E-state index in [9.17, 15) is 4.79 Å². The summed E-state index contributed by atoms with van der Waals surface area (Å²) in [6.45, 7) is 3.68. The molecule has 1 saturated heterocycles. The van der Waals surface area contributed by atoms with Crippen LogP contribution < -0.4 is 19.9 Å². The topological polar surface area (TPSA) is 57.7 Å². The molecule has 1 aliphatic rings. The van der Waals surface area contributed by atoms with Gasteiger partial charge in [-0.1, -0.05) is 29.8 Å². The highest BCUT2D eigenvalue weighted by atomic mass is 35.5. The van der Waals surface area contributed by atoms with Crippen LogP contribution in [0.3, 0.4) is 0 Å². The van der Waals surface area contributed by atoms with Gasteiger partial charge in [-0.15, -0.1) is 11.3 Å². The normalized spacial score (nSPS) is 13.9. The minimum atomic E-state index is -0.244. The molecule has 1 fully saturated rings. The number of ether oxygens (including phenoxy) is 1. The summed E-state index contributed by atoms with van der Waals surface area (Å²) < 4.78 is 6.20. The van der Waals surface area contributed by atoms with Gasteiger partial charge in [0.25, 0.3) is 5.91 Å². The van der Waals surface area contributed by atoms with Crippen LogP contribution in [0.15, 0.2) is 66.9 Å². The molecule has 6 nitrogen and oxygen atoms in total. The molecule has 2 aromatic heterocycles. The fraction of sp³-hybridized carbons (Fsp3) is 0.200.